The molecule has 1 aromatic rings. The zero-order valence-corrected chi connectivity index (χ0v) is 9.86. The van der Waals surface area contributed by atoms with E-state index in [0.717, 1.165) is 18.5 Å². The fraction of sp³-hybridized carbons (Fsp3) is 0.400. The minimum Gasteiger partial charge on any atom is -0.503 e. The van der Waals surface area contributed by atoms with Gasteiger partial charge in [-0.1, -0.05) is 11.6 Å². The van der Waals surface area contributed by atoms with Crippen molar-refractivity contribution in [3.63, 3.8) is 0 Å². The highest BCUT2D eigenvalue weighted by molar-refractivity contribution is 6.32. The van der Waals surface area contributed by atoms with E-state index in [2.05, 4.69) is 5.32 Å². The third kappa shape index (κ3) is 2.30. The number of benzene rings is 1. The van der Waals surface area contributed by atoms with Crippen LogP contribution in [-0.4, -0.2) is 18.8 Å². The molecule has 0 unspecified atom stereocenters. The second kappa shape index (κ2) is 4.92. The maximum Gasteiger partial charge on any atom is 0.176 e. The lowest BCUT2D eigenvalue weighted by Gasteiger charge is -2.28. The molecule has 3 nitrogen and oxygen atoms in total. The Balaban J connectivity index is 0.00000112. The number of hydrogen-bond acceptors (Lipinski definition) is 3. The van der Waals surface area contributed by atoms with E-state index in [0.29, 0.717) is 16.8 Å². The number of hydrogen-bond donors (Lipinski definition) is 2. The van der Waals surface area contributed by atoms with Crippen LogP contribution in [0.1, 0.15) is 18.0 Å². The smallest absolute Gasteiger partial charge is 0.176 e. The molecule has 0 amide bonds. The van der Waals surface area contributed by atoms with Gasteiger partial charge in [0.25, 0.3) is 0 Å². The second-order valence-corrected chi connectivity index (χ2v) is 3.76. The zero-order valence-electron chi connectivity index (χ0n) is 8.29. The number of methoxy groups -OCH3 is 1. The number of ether oxygens (including phenoxy) is 1. The Morgan fingerprint density at radius 3 is 2.67 bits per heavy atom. The molecule has 5 heteroatoms. The minimum atomic E-state index is 0. The lowest BCUT2D eigenvalue weighted by Crippen LogP contribution is -2.34. The first-order valence-electron chi connectivity index (χ1n) is 4.52. The summed E-state index contributed by atoms with van der Waals surface area (Å²) in [7, 11) is 1.52. The summed E-state index contributed by atoms with van der Waals surface area (Å²) >= 11 is 5.87. The normalized spacial score (nSPS) is 18.9. The van der Waals surface area contributed by atoms with Crippen molar-refractivity contribution in [1.29, 1.82) is 0 Å². The van der Waals surface area contributed by atoms with Crippen LogP contribution in [-0.2, 0) is 0 Å². The molecule has 2 rings (SSSR count). The molecule has 0 aromatic heterocycles. The Morgan fingerprint density at radius 2 is 2.20 bits per heavy atom. The van der Waals surface area contributed by atoms with Gasteiger partial charge in [0.15, 0.2) is 11.5 Å². The van der Waals surface area contributed by atoms with E-state index in [1.54, 1.807) is 6.07 Å². The average molecular weight is 250 g/mol. The Kier molecular flexibility index (Phi) is 4.08. The van der Waals surface area contributed by atoms with E-state index in [1.807, 2.05) is 6.07 Å². The van der Waals surface area contributed by atoms with Crippen molar-refractivity contribution in [2.45, 2.75) is 12.5 Å². The molecule has 1 aliphatic rings. The number of phenols is 1. The van der Waals surface area contributed by atoms with E-state index < -0.39 is 0 Å². The van der Waals surface area contributed by atoms with Crippen LogP contribution in [0.4, 0.5) is 0 Å². The first-order valence-corrected chi connectivity index (χ1v) is 4.90. The summed E-state index contributed by atoms with van der Waals surface area (Å²) in [5.74, 6) is 0.443. The third-order valence-corrected chi connectivity index (χ3v) is 2.78. The SMILES string of the molecule is COc1cc([C@H]2CCN2)cc(Cl)c1O.Cl. The summed E-state index contributed by atoms with van der Waals surface area (Å²) in [5, 5.41) is 13.1. The van der Waals surface area contributed by atoms with Crippen molar-refractivity contribution in [3.05, 3.63) is 22.7 Å². The fourth-order valence-electron chi connectivity index (χ4n) is 1.52. The third-order valence-electron chi connectivity index (χ3n) is 2.50. The molecule has 0 radical (unpaired) electrons. The first kappa shape index (κ1) is 12.4. The highest BCUT2D eigenvalue weighted by Gasteiger charge is 2.21. The van der Waals surface area contributed by atoms with E-state index in [9.17, 15) is 5.11 Å². The highest BCUT2D eigenvalue weighted by Crippen LogP contribution is 2.38. The number of phenolic OH excluding ortho intramolecular Hbond substituents is 1. The van der Waals surface area contributed by atoms with Gasteiger partial charge >= 0.3 is 0 Å². The standard InChI is InChI=1S/C10H12ClNO2.ClH/c1-14-9-5-6(8-2-3-12-8)4-7(11)10(9)13;/h4-5,8,12-13H,2-3H2,1H3;1H/t8-;/m1./s1. The summed E-state index contributed by atoms with van der Waals surface area (Å²) < 4.78 is 5.02. The lowest BCUT2D eigenvalue weighted by atomic mass is 9.98. The molecule has 1 fully saturated rings. The minimum absolute atomic E-state index is 0. The van der Waals surface area contributed by atoms with Crippen molar-refractivity contribution < 1.29 is 9.84 Å². The van der Waals surface area contributed by atoms with E-state index in [1.165, 1.54) is 7.11 Å². The van der Waals surface area contributed by atoms with Gasteiger partial charge in [-0.25, -0.2) is 0 Å². The molecule has 0 bridgehead atoms. The van der Waals surface area contributed by atoms with Gasteiger partial charge in [0.05, 0.1) is 12.1 Å². The van der Waals surface area contributed by atoms with Crippen LogP contribution >= 0.6 is 24.0 Å². The van der Waals surface area contributed by atoms with Gasteiger partial charge in [-0.2, -0.15) is 0 Å². The van der Waals surface area contributed by atoms with Crippen molar-refractivity contribution in [3.8, 4) is 11.5 Å². The van der Waals surface area contributed by atoms with Crippen LogP contribution in [0.3, 0.4) is 0 Å². The quantitative estimate of drug-likeness (QED) is 0.847. The summed E-state index contributed by atoms with van der Waals surface area (Å²) in [5.41, 5.74) is 1.07. The molecule has 1 heterocycles. The van der Waals surface area contributed by atoms with Crippen LogP contribution in [0.25, 0.3) is 0 Å². The molecular formula is C10H13Cl2NO2. The lowest BCUT2D eigenvalue weighted by molar-refractivity contribution is 0.362. The maximum absolute atomic E-state index is 9.52. The predicted molar refractivity (Wildman–Crippen MR) is 62.3 cm³/mol. The second-order valence-electron chi connectivity index (χ2n) is 3.35. The first-order chi connectivity index (χ1) is 6.72. The Hall–Kier alpha value is -0.640. The molecule has 1 aromatic carbocycles. The molecule has 0 saturated carbocycles. The number of nitrogens with one attached hydrogen (secondary N) is 1. The van der Waals surface area contributed by atoms with Gasteiger partial charge in [-0.15, -0.1) is 12.4 Å². The van der Waals surface area contributed by atoms with Crippen LogP contribution in [0.15, 0.2) is 12.1 Å². The molecular weight excluding hydrogens is 237 g/mol. The van der Waals surface area contributed by atoms with Gasteiger partial charge in [0.2, 0.25) is 0 Å². The maximum atomic E-state index is 9.52. The van der Waals surface area contributed by atoms with Gasteiger partial charge < -0.3 is 15.2 Å². The number of rotatable bonds is 2. The summed E-state index contributed by atoms with van der Waals surface area (Å²) in [6, 6.07) is 3.94. The largest absolute Gasteiger partial charge is 0.503 e. The van der Waals surface area contributed by atoms with Crippen LogP contribution in [0.2, 0.25) is 5.02 Å². The Morgan fingerprint density at radius 1 is 1.53 bits per heavy atom. The zero-order chi connectivity index (χ0) is 10.1. The van der Waals surface area contributed by atoms with Crippen molar-refractivity contribution in [2.75, 3.05) is 13.7 Å². The average Bonchev–Trinajstić information content (AvgIpc) is 2.08. The van der Waals surface area contributed by atoms with Crippen molar-refractivity contribution in [1.82, 2.24) is 5.32 Å². The molecule has 1 atom stereocenters. The highest BCUT2D eigenvalue weighted by atomic mass is 35.5. The summed E-state index contributed by atoms with van der Waals surface area (Å²) in [6.07, 6.45) is 1.10. The predicted octanol–water partition coefficient (Wildman–Crippen LogP) is 2.51. The van der Waals surface area contributed by atoms with Gasteiger partial charge in [-0.3, -0.25) is 0 Å². The van der Waals surface area contributed by atoms with Crippen molar-refractivity contribution in [2.24, 2.45) is 0 Å². The van der Waals surface area contributed by atoms with Gasteiger partial charge in [-0.05, 0) is 30.7 Å². The van der Waals surface area contributed by atoms with E-state index in [-0.39, 0.29) is 18.2 Å². The van der Waals surface area contributed by atoms with Gasteiger partial charge in [0.1, 0.15) is 0 Å². The Bertz CT molecular complexity index is 354. The molecule has 2 N–H and O–H groups in total. The fourth-order valence-corrected chi connectivity index (χ4v) is 1.74. The number of aromatic hydroxyl groups is 1. The molecule has 84 valence electrons. The van der Waals surface area contributed by atoms with Crippen LogP contribution in [0, 0.1) is 0 Å². The van der Waals surface area contributed by atoms with E-state index in [4.69, 9.17) is 16.3 Å². The summed E-state index contributed by atoms with van der Waals surface area (Å²) in [6.45, 7) is 1.03. The number of halogens is 2. The van der Waals surface area contributed by atoms with E-state index >= 15 is 0 Å². The molecule has 0 aliphatic carbocycles. The topological polar surface area (TPSA) is 41.5 Å². The molecule has 1 aliphatic heterocycles. The van der Waals surface area contributed by atoms with Crippen molar-refractivity contribution >= 4 is 24.0 Å². The molecule has 15 heavy (non-hydrogen) atoms. The van der Waals surface area contributed by atoms with Crippen LogP contribution in [0.5, 0.6) is 11.5 Å². The molecule has 0 spiro atoms. The Labute approximate surface area is 99.8 Å². The van der Waals surface area contributed by atoms with Gasteiger partial charge in [0, 0.05) is 6.04 Å². The monoisotopic (exact) mass is 249 g/mol. The molecule has 1 saturated heterocycles. The van der Waals surface area contributed by atoms with Crippen LogP contribution < -0.4 is 10.1 Å². The summed E-state index contributed by atoms with van der Waals surface area (Å²) in [4.78, 5) is 0.